The molecule has 0 radical (unpaired) electrons. The summed E-state index contributed by atoms with van der Waals surface area (Å²) >= 11 is 0. The van der Waals surface area contributed by atoms with Crippen LogP contribution < -0.4 is 10.6 Å². The second kappa shape index (κ2) is 5.93. The van der Waals surface area contributed by atoms with Gasteiger partial charge in [-0.1, -0.05) is 12.1 Å². The third-order valence-corrected chi connectivity index (χ3v) is 3.09. The molecule has 1 amide bonds. The van der Waals surface area contributed by atoms with E-state index in [-0.39, 0.29) is 30.3 Å². The minimum absolute atomic E-state index is 0.00273. The summed E-state index contributed by atoms with van der Waals surface area (Å²) < 4.78 is 18.0. The first-order valence-electron chi connectivity index (χ1n) is 5.96. The van der Waals surface area contributed by atoms with Crippen LogP contribution in [0.1, 0.15) is 5.56 Å². The van der Waals surface area contributed by atoms with Crippen LogP contribution in [0.2, 0.25) is 0 Å². The lowest BCUT2D eigenvalue weighted by atomic mass is 10.1. The number of rotatable bonds is 4. The van der Waals surface area contributed by atoms with Gasteiger partial charge < -0.3 is 15.4 Å². The molecule has 1 aliphatic heterocycles. The highest BCUT2D eigenvalue weighted by Gasteiger charge is 2.27. The lowest BCUT2D eigenvalue weighted by molar-refractivity contribution is -0.121. The number of amides is 1. The van der Waals surface area contributed by atoms with E-state index in [1.165, 1.54) is 12.1 Å². The summed E-state index contributed by atoms with van der Waals surface area (Å²) in [7, 11) is 1.64. The van der Waals surface area contributed by atoms with Crippen LogP contribution in [0.4, 0.5) is 4.39 Å². The van der Waals surface area contributed by atoms with Crippen molar-refractivity contribution in [1.29, 1.82) is 0 Å². The Hall–Kier alpha value is -1.46. The van der Waals surface area contributed by atoms with Crippen LogP contribution in [-0.2, 0) is 16.0 Å². The van der Waals surface area contributed by atoms with Crippen LogP contribution in [0.5, 0.6) is 0 Å². The second-order valence-corrected chi connectivity index (χ2v) is 4.41. The molecule has 5 heteroatoms. The Morgan fingerprint density at radius 1 is 1.44 bits per heavy atom. The average molecular weight is 252 g/mol. The molecule has 1 saturated heterocycles. The van der Waals surface area contributed by atoms with Gasteiger partial charge in [0.2, 0.25) is 5.91 Å². The standard InChI is InChI=1S/C13H17FN2O2/c1-18-12-8-15-7-11(12)16-13(17)6-9-2-4-10(14)5-3-9/h2-5,11-12,15H,6-8H2,1H3,(H,16,17)/t11?,12-/m1/s1. The fourth-order valence-corrected chi connectivity index (χ4v) is 2.09. The van der Waals surface area contributed by atoms with Crippen molar-refractivity contribution in [3.63, 3.8) is 0 Å². The number of carbonyl (C=O) groups excluding carboxylic acids is 1. The van der Waals surface area contributed by atoms with Crippen LogP contribution in [0.3, 0.4) is 0 Å². The SMILES string of the molecule is CO[C@@H]1CNCC1NC(=O)Cc1ccc(F)cc1. The molecule has 2 N–H and O–H groups in total. The molecule has 0 bridgehead atoms. The maximum Gasteiger partial charge on any atom is 0.224 e. The molecule has 0 aliphatic carbocycles. The molecular weight excluding hydrogens is 235 g/mol. The van der Waals surface area contributed by atoms with Gasteiger partial charge >= 0.3 is 0 Å². The van der Waals surface area contributed by atoms with Gasteiger partial charge in [0.15, 0.2) is 0 Å². The summed E-state index contributed by atoms with van der Waals surface area (Å²) in [5.41, 5.74) is 0.800. The molecule has 4 nitrogen and oxygen atoms in total. The van der Waals surface area contributed by atoms with E-state index < -0.39 is 0 Å². The molecule has 1 aliphatic rings. The normalized spacial score (nSPS) is 23.0. The minimum atomic E-state index is -0.293. The third kappa shape index (κ3) is 3.27. The Labute approximate surface area is 106 Å². The molecule has 0 saturated carbocycles. The first-order chi connectivity index (χ1) is 8.69. The van der Waals surface area contributed by atoms with Gasteiger partial charge in [0, 0.05) is 20.2 Å². The predicted molar refractivity (Wildman–Crippen MR) is 65.7 cm³/mol. The number of methoxy groups -OCH3 is 1. The maximum absolute atomic E-state index is 12.7. The molecule has 98 valence electrons. The number of nitrogens with one attached hydrogen (secondary N) is 2. The molecule has 0 spiro atoms. The van der Waals surface area contributed by atoms with Gasteiger partial charge in [0.05, 0.1) is 18.6 Å². The van der Waals surface area contributed by atoms with E-state index in [0.717, 1.165) is 12.1 Å². The second-order valence-electron chi connectivity index (χ2n) is 4.41. The molecule has 2 atom stereocenters. The first-order valence-corrected chi connectivity index (χ1v) is 5.96. The van der Waals surface area contributed by atoms with E-state index in [1.54, 1.807) is 19.2 Å². The van der Waals surface area contributed by atoms with Crippen LogP contribution >= 0.6 is 0 Å². The Bertz CT molecular complexity index is 408. The van der Waals surface area contributed by atoms with Crippen LogP contribution in [-0.4, -0.2) is 38.3 Å². The molecule has 1 aromatic carbocycles. The number of halogens is 1. The summed E-state index contributed by atoms with van der Waals surface area (Å²) in [6.45, 7) is 1.46. The van der Waals surface area contributed by atoms with Crippen LogP contribution in [0, 0.1) is 5.82 Å². The fraction of sp³-hybridized carbons (Fsp3) is 0.462. The quantitative estimate of drug-likeness (QED) is 0.819. The van der Waals surface area contributed by atoms with E-state index >= 15 is 0 Å². The summed E-state index contributed by atoms with van der Waals surface area (Å²) in [5, 5.41) is 6.08. The van der Waals surface area contributed by atoms with E-state index in [2.05, 4.69) is 10.6 Å². The first kappa shape index (κ1) is 13.0. The largest absolute Gasteiger partial charge is 0.378 e. The molecule has 0 aromatic heterocycles. The summed E-state index contributed by atoms with van der Waals surface area (Å²) in [4.78, 5) is 11.8. The lowest BCUT2D eigenvalue weighted by Crippen LogP contribution is -2.44. The topological polar surface area (TPSA) is 50.4 Å². The molecule has 1 aromatic rings. The van der Waals surface area contributed by atoms with Crippen LogP contribution in [0.15, 0.2) is 24.3 Å². The van der Waals surface area contributed by atoms with E-state index in [0.29, 0.717) is 6.54 Å². The third-order valence-electron chi connectivity index (χ3n) is 3.09. The Balaban J connectivity index is 1.86. The molecule has 1 unspecified atom stereocenters. The highest BCUT2D eigenvalue weighted by molar-refractivity contribution is 5.79. The van der Waals surface area contributed by atoms with Crippen molar-refractivity contribution in [3.05, 3.63) is 35.6 Å². The lowest BCUT2D eigenvalue weighted by Gasteiger charge is -2.18. The summed E-state index contributed by atoms with van der Waals surface area (Å²) in [5.74, 6) is -0.365. The van der Waals surface area contributed by atoms with Crippen LogP contribution in [0.25, 0.3) is 0 Å². The van der Waals surface area contributed by atoms with Crippen molar-refractivity contribution in [3.8, 4) is 0 Å². The van der Waals surface area contributed by atoms with Crippen molar-refractivity contribution in [2.75, 3.05) is 20.2 Å². The van der Waals surface area contributed by atoms with Gasteiger partial charge in [-0.15, -0.1) is 0 Å². The monoisotopic (exact) mass is 252 g/mol. The zero-order valence-corrected chi connectivity index (χ0v) is 10.3. The highest BCUT2D eigenvalue weighted by atomic mass is 19.1. The predicted octanol–water partition coefficient (Wildman–Crippen LogP) is 0.471. The molecule has 2 rings (SSSR count). The van der Waals surface area contributed by atoms with E-state index in [9.17, 15) is 9.18 Å². The molecular formula is C13H17FN2O2. The van der Waals surface area contributed by atoms with Gasteiger partial charge in [-0.2, -0.15) is 0 Å². The highest BCUT2D eigenvalue weighted by Crippen LogP contribution is 2.06. The van der Waals surface area contributed by atoms with Gasteiger partial charge in [-0.3, -0.25) is 4.79 Å². The Kier molecular flexibility index (Phi) is 4.28. The smallest absolute Gasteiger partial charge is 0.224 e. The van der Waals surface area contributed by atoms with E-state index in [1.807, 2.05) is 0 Å². The Morgan fingerprint density at radius 2 is 2.17 bits per heavy atom. The number of hydrogen-bond acceptors (Lipinski definition) is 3. The Morgan fingerprint density at radius 3 is 2.83 bits per heavy atom. The number of hydrogen-bond donors (Lipinski definition) is 2. The zero-order chi connectivity index (χ0) is 13.0. The number of benzene rings is 1. The zero-order valence-electron chi connectivity index (χ0n) is 10.3. The van der Waals surface area contributed by atoms with Crippen molar-refractivity contribution in [2.24, 2.45) is 0 Å². The van der Waals surface area contributed by atoms with Crippen molar-refractivity contribution in [1.82, 2.24) is 10.6 Å². The molecule has 1 fully saturated rings. The van der Waals surface area contributed by atoms with Gasteiger partial charge in [-0.25, -0.2) is 4.39 Å². The molecule has 18 heavy (non-hydrogen) atoms. The number of ether oxygens (including phenoxy) is 1. The van der Waals surface area contributed by atoms with Gasteiger partial charge in [0.25, 0.3) is 0 Å². The van der Waals surface area contributed by atoms with Gasteiger partial charge in [0.1, 0.15) is 5.82 Å². The van der Waals surface area contributed by atoms with Gasteiger partial charge in [-0.05, 0) is 17.7 Å². The summed E-state index contributed by atoms with van der Waals surface area (Å²) in [6, 6.07) is 5.96. The van der Waals surface area contributed by atoms with Crippen molar-refractivity contribution < 1.29 is 13.9 Å². The fourth-order valence-electron chi connectivity index (χ4n) is 2.09. The maximum atomic E-state index is 12.7. The van der Waals surface area contributed by atoms with Crippen molar-refractivity contribution in [2.45, 2.75) is 18.6 Å². The molecule has 1 heterocycles. The number of carbonyl (C=O) groups is 1. The van der Waals surface area contributed by atoms with Crippen molar-refractivity contribution >= 4 is 5.91 Å². The average Bonchev–Trinajstić information content (AvgIpc) is 2.79. The summed E-state index contributed by atoms with van der Waals surface area (Å²) in [6.07, 6.45) is 0.273. The van der Waals surface area contributed by atoms with E-state index in [4.69, 9.17) is 4.74 Å². The minimum Gasteiger partial charge on any atom is -0.378 e.